The van der Waals surface area contributed by atoms with Crippen LogP contribution in [-0.2, 0) is 9.53 Å². The van der Waals surface area contributed by atoms with E-state index in [9.17, 15) is 9.59 Å². The Hall–Kier alpha value is -1.26. The van der Waals surface area contributed by atoms with Gasteiger partial charge in [-0.05, 0) is 26.7 Å². The number of nitrogens with zero attached hydrogens (tertiary/aromatic N) is 1. The first-order valence-corrected chi connectivity index (χ1v) is 4.80. The lowest BCUT2D eigenvalue weighted by atomic mass is 10.1. The highest BCUT2D eigenvalue weighted by Crippen LogP contribution is 2.09. The molecule has 0 aromatic heterocycles. The van der Waals surface area contributed by atoms with Gasteiger partial charge in [0.05, 0.1) is 0 Å². The van der Waals surface area contributed by atoms with Crippen molar-refractivity contribution in [3.8, 4) is 0 Å². The molecule has 0 aromatic rings. The number of hydrogen-bond acceptors (Lipinski definition) is 3. The van der Waals surface area contributed by atoms with Crippen molar-refractivity contribution >= 4 is 12.1 Å². The summed E-state index contributed by atoms with van der Waals surface area (Å²) in [7, 11) is 0. The molecular weight excluding hydrogens is 198 g/mol. The third-order valence-electron chi connectivity index (χ3n) is 1.52. The molecule has 5 nitrogen and oxygen atoms in total. The zero-order valence-electron chi connectivity index (χ0n) is 9.77. The van der Waals surface area contributed by atoms with Crippen molar-refractivity contribution in [3.63, 3.8) is 0 Å². The molecule has 15 heavy (non-hydrogen) atoms. The molecule has 0 aliphatic carbocycles. The van der Waals surface area contributed by atoms with Crippen molar-refractivity contribution in [2.45, 2.75) is 46.3 Å². The van der Waals surface area contributed by atoms with E-state index in [0.717, 1.165) is 0 Å². The van der Waals surface area contributed by atoms with E-state index in [0.29, 0.717) is 0 Å². The van der Waals surface area contributed by atoms with Gasteiger partial charge >= 0.3 is 12.1 Å². The maximum Gasteiger partial charge on any atom is 0.430 e. The summed E-state index contributed by atoms with van der Waals surface area (Å²) < 4.78 is 4.90. The fourth-order valence-electron chi connectivity index (χ4n) is 0.891. The van der Waals surface area contributed by atoms with Crippen molar-refractivity contribution in [1.29, 1.82) is 0 Å². The van der Waals surface area contributed by atoms with Crippen LogP contribution in [0.1, 0.15) is 34.6 Å². The highest BCUT2D eigenvalue weighted by molar-refractivity contribution is 5.80. The number of amides is 1. The lowest BCUT2D eigenvalue weighted by molar-refractivity contribution is -0.140. The molecule has 1 atom stereocenters. The second-order valence-electron chi connectivity index (χ2n) is 4.64. The van der Waals surface area contributed by atoms with E-state index in [1.807, 2.05) is 0 Å². The van der Waals surface area contributed by atoms with Crippen LogP contribution in [0.4, 0.5) is 4.79 Å². The molecular formula is C10H18NO4. The van der Waals surface area contributed by atoms with Gasteiger partial charge in [0.2, 0.25) is 0 Å². The third kappa shape index (κ3) is 5.93. The summed E-state index contributed by atoms with van der Waals surface area (Å²) in [6, 6.07) is -1.04. The summed E-state index contributed by atoms with van der Waals surface area (Å²) in [6.45, 7) is 8.47. The first kappa shape index (κ1) is 13.7. The summed E-state index contributed by atoms with van der Waals surface area (Å²) in [5.41, 5.74) is -0.652. The van der Waals surface area contributed by atoms with Crippen LogP contribution >= 0.6 is 0 Å². The average molecular weight is 216 g/mol. The largest absolute Gasteiger partial charge is 0.480 e. The predicted octanol–water partition coefficient (Wildman–Crippen LogP) is 1.64. The van der Waals surface area contributed by atoms with Crippen molar-refractivity contribution < 1.29 is 19.4 Å². The fourth-order valence-corrected chi connectivity index (χ4v) is 0.891. The van der Waals surface area contributed by atoms with Crippen molar-refractivity contribution in [2.75, 3.05) is 0 Å². The standard InChI is InChI=1S/C10H18NO4/c1-6(2)7(8(12)13)11-9(14)15-10(3,4)5/h6-7H,1-5H3,(H,12,13)/t7-/m1/s1. The van der Waals surface area contributed by atoms with Crippen molar-refractivity contribution in [2.24, 2.45) is 5.92 Å². The van der Waals surface area contributed by atoms with Crippen LogP contribution in [0, 0.1) is 5.92 Å². The second-order valence-corrected chi connectivity index (χ2v) is 4.64. The van der Waals surface area contributed by atoms with Gasteiger partial charge in [-0.3, -0.25) is 0 Å². The quantitative estimate of drug-likeness (QED) is 0.777. The van der Waals surface area contributed by atoms with Crippen molar-refractivity contribution in [3.05, 3.63) is 0 Å². The summed E-state index contributed by atoms with van der Waals surface area (Å²) >= 11 is 0. The summed E-state index contributed by atoms with van der Waals surface area (Å²) in [4.78, 5) is 22.0. The molecule has 0 aliphatic heterocycles. The number of carbonyl (C=O) groups is 2. The Bertz CT molecular complexity index is 242. The summed E-state index contributed by atoms with van der Waals surface area (Å²) in [5, 5.41) is 12.3. The van der Waals surface area contributed by atoms with Crippen LogP contribution < -0.4 is 5.32 Å². The van der Waals surface area contributed by atoms with Crippen LogP contribution in [0.5, 0.6) is 0 Å². The monoisotopic (exact) mass is 216 g/mol. The minimum absolute atomic E-state index is 0.241. The number of carboxylic acid groups (broad SMARTS) is 1. The molecule has 0 rings (SSSR count). The zero-order valence-corrected chi connectivity index (χ0v) is 9.77. The first-order valence-electron chi connectivity index (χ1n) is 4.80. The normalized spacial score (nSPS) is 13.5. The fraction of sp³-hybridized carbons (Fsp3) is 0.800. The van der Waals surface area contributed by atoms with Gasteiger partial charge in [0, 0.05) is 0 Å². The average Bonchev–Trinajstić information content (AvgIpc) is 1.95. The topological polar surface area (TPSA) is 77.7 Å². The molecule has 0 aliphatic rings. The van der Waals surface area contributed by atoms with Crippen LogP contribution in [0.3, 0.4) is 0 Å². The van der Waals surface area contributed by atoms with E-state index in [-0.39, 0.29) is 5.92 Å². The number of carboxylic acids is 1. The molecule has 0 bridgehead atoms. The molecule has 5 heteroatoms. The number of aliphatic carboxylic acids is 1. The Balaban J connectivity index is 4.31. The maximum absolute atomic E-state index is 11.2. The lowest BCUT2D eigenvalue weighted by Crippen LogP contribution is -2.41. The SMILES string of the molecule is CC(C)[C@@H]([N]C(=O)OC(C)(C)C)C(=O)O. The van der Waals surface area contributed by atoms with Crippen LogP contribution in [-0.4, -0.2) is 28.8 Å². The molecule has 0 heterocycles. The molecule has 0 spiro atoms. The van der Waals surface area contributed by atoms with E-state index in [1.165, 1.54) is 0 Å². The van der Waals surface area contributed by atoms with E-state index in [2.05, 4.69) is 5.32 Å². The maximum atomic E-state index is 11.2. The van der Waals surface area contributed by atoms with Gasteiger partial charge in [-0.2, -0.15) is 5.32 Å². The smallest absolute Gasteiger partial charge is 0.430 e. The Labute approximate surface area is 89.8 Å². The number of ether oxygens (including phenoxy) is 1. The summed E-state index contributed by atoms with van der Waals surface area (Å²) in [5.74, 6) is -1.36. The van der Waals surface area contributed by atoms with E-state index in [4.69, 9.17) is 9.84 Å². The van der Waals surface area contributed by atoms with E-state index >= 15 is 0 Å². The number of rotatable bonds is 3. The molecule has 0 saturated carbocycles. The van der Waals surface area contributed by atoms with E-state index in [1.54, 1.807) is 34.6 Å². The molecule has 87 valence electrons. The Morgan fingerprint density at radius 2 is 1.73 bits per heavy atom. The molecule has 0 aromatic carbocycles. The molecule has 1 N–H and O–H groups in total. The number of hydrogen-bond donors (Lipinski definition) is 1. The highest BCUT2D eigenvalue weighted by atomic mass is 16.6. The lowest BCUT2D eigenvalue weighted by Gasteiger charge is -2.21. The summed E-state index contributed by atoms with van der Waals surface area (Å²) in [6.07, 6.45) is -0.830. The molecule has 0 unspecified atom stereocenters. The van der Waals surface area contributed by atoms with Gasteiger partial charge in [0.15, 0.2) is 6.04 Å². The van der Waals surface area contributed by atoms with Gasteiger partial charge in [-0.25, -0.2) is 9.59 Å². The third-order valence-corrected chi connectivity index (χ3v) is 1.52. The molecule has 0 fully saturated rings. The molecule has 1 amide bonds. The Kier molecular flexibility index (Phi) is 4.58. The Morgan fingerprint density at radius 1 is 1.27 bits per heavy atom. The zero-order chi connectivity index (χ0) is 12.2. The minimum Gasteiger partial charge on any atom is -0.480 e. The minimum atomic E-state index is -1.11. The van der Waals surface area contributed by atoms with Crippen LogP contribution in [0.2, 0.25) is 0 Å². The predicted molar refractivity (Wildman–Crippen MR) is 54.6 cm³/mol. The van der Waals surface area contributed by atoms with Gasteiger partial charge in [-0.1, -0.05) is 13.8 Å². The van der Waals surface area contributed by atoms with Gasteiger partial charge in [-0.15, -0.1) is 0 Å². The van der Waals surface area contributed by atoms with Crippen LogP contribution in [0.15, 0.2) is 0 Å². The van der Waals surface area contributed by atoms with E-state index < -0.39 is 23.7 Å². The highest BCUT2D eigenvalue weighted by Gasteiger charge is 2.28. The van der Waals surface area contributed by atoms with Gasteiger partial charge in [0.1, 0.15) is 5.60 Å². The second kappa shape index (κ2) is 5.00. The molecule has 1 radical (unpaired) electrons. The Morgan fingerprint density at radius 3 is 2.00 bits per heavy atom. The number of carbonyl (C=O) groups excluding carboxylic acids is 1. The molecule has 0 saturated heterocycles. The first-order chi connectivity index (χ1) is 6.63. The van der Waals surface area contributed by atoms with Crippen LogP contribution in [0.25, 0.3) is 0 Å². The van der Waals surface area contributed by atoms with Crippen molar-refractivity contribution in [1.82, 2.24) is 5.32 Å². The van der Waals surface area contributed by atoms with Gasteiger partial charge in [0.25, 0.3) is 0 Å². The van der Waals surface area contributed by atoms with Gasteiger partial charge < -0.3 is 9.84 Å².